The minimum Gasteiger partial charge on any atom is -0.464 e. The first-order valence-corrected chi connectivity index (χ1v) is 45.0. The van der Waals surface area contributed by atoms with Gasteiger partial charge in [0.15, 0.2) is 29.7 Å². The van der Waals surface area contributed by atoms with Crippen molar-refractivity contribution in [3.63, 3.8) is 0 Å². The second kappa shape index (κ2) is 58.0. The van der Waals surface area contributed by atoms with Gasteiger partial charge in [0.1, 0.15) is 94.5 Å². The van der Waals surface area contributed by atoms with E-state index in [1.165, 1.54) is 134 Å². The summed E-state index contributed by atoms with van der Waals surface area (Å²) in [6.45, 7) is 22.1. The van der Waals surface area contributed by atoms with Crippen molar-refractivity contribution in [3.05, 3.63) is 341 Å². The molecule has 0 bridgehead atoms. The molecule has 8 aromatic carbocycles. The van der Waals surface area contributed by atoms with Crippen LogP contribution in [0.4, 0.5) is 17.6 Å². The number of ether oxygens (including phenoxy) is 8. The molecule has 8 N–H and O–H groups in total. The first-order valence-electron chi connectivity index (χ1n) is 43.9. The van der Waals surface area contributed by atoms with Gasteiger partial charge in [-0.1, -0.05) is 29.2 Å². The molecule has 13 aromatic rings. The van der Waals surface area contributed by atoms with Crippen LogP contribution < -0.4 is 30.1 Å². The third-order valence-electron chi connectivity index (χ3n) is 19.5. The number of rotatable bonds is 28. The fourth-order valence-corrected chi connectivity index (χ4v) is 11.1. The summed E-state index contributed by atoms with van der Waals surface area (Å²) in [7, 11) is 5.04. The highest BCUT2D eigenvalue weighted by Crippen LogP contribution is 2.38. The number of nitrogens with two attached hydrogens (primary N) is 1. The highest BCUT2D eigenvalue weighted by molar-refractivity contribution is 6.52. The molecule has 2 radical (unpaired) electrons. The SMILES string of the molecule is CC(C)(O)C(C)(C)O.CCOC(=O)/C=C/B1OC(C)(C)C(C)(C)O1.CCOC(=O)/C=C/c1ccnc(-c2ccc(Oc3ccc(F)cc3)cc2)n1.CCOC(=O)/C=C/c1ccnc(Cl)n1.CCOC(=O)[C@@H](O)[C@H](O)c1ccnc(-c2ccc(Oc3ccc(F)cc3)cc2)n1.Clc1ccnc(Cl)n1.NC(=O)[C@@H](O)[C@H](O)c1ccnc(-c2ccc(Oc3ccc(F)cc3)cc2)n1.[B]c1ccc(Oc2ccc(F)cc2)cc1. The van der Waals surface area contributed by atoms with Crippen molar-refractivity contribution in [3.8, 4) is 80.2 Å². The van der Waals surface area contributed by atoms with Crippen molar-refractivity contribution in [2.75, 3.05) is 26.4 Å². The number of carbonyl (C=O) groups excluding carboxylic acids is 5. The van der Waals surface area contributed by atoms with E-state index in [-0.39, 0.29) is 74.8 Å². The topological polar surface area (TPSA) is 454 Å². The van der Waals surface area contributed by atoms with Crippen LogP contribution in [-0.2, 0) is 52.2 Å². The molecule has 41 heteroatoms. The molecule has 32 nitrogen and oxygen atoms in total. The van der Waals surface area contributed by atoms with Gasteiger partial charge in [0, 0.05) is 65.9 Å². The van der Waals surface area contributed by atoms with Crippen molar-refractivity contribution < 1.29 is 119 Å². The Bertz CT molecular complexity index is 6230. The van der Waals surface area contributed by atoms with Crippen molar-refractivity contribution in [2.24, 2.45) is 5.73 Å². The highest BCUT2D eigenvalue weighted by atomic mass is 35.5. The van der Waals surface area contributed by atoms with Crippen LogP contribution in [0.25, 0.3) is 46.3 Å². The van der Waals surface area contributed by atoms with Crippen LogP contribution in [0, 0.1) is 23.3 Å². The molecule has 6 heterocycles. The molecule has 1 aliphatic rings. The Hall–Kier alpha value is -14.7. The van der Waals surface area contributed by atoms with Gasteiger partial charge in [-0.3, -0.25) is 4.79 Å². The first kappa shape index (κ1) is 116. The van der Waals surface area contributed by atoms with Gasteiger partial charge in [0.05, 0.1) is 71.6 Å². The number of aliphatic hydroxyl groups excluding tert-OH is 4. The number of amides is 1. The maximum absolute atomic E-state index is 13.0. The lowest BCUT2D eigenvalue weighted by atomic mass is 9.90. The Balaban J connectivity index is 0.000000231. The Morgan fingerprint density at radius 3 is 0.986 bits per heavy atom. The molecular formula is C103H104B2Cl3F4N11O21. The summed E-state index contributed by atoms with van der Waals surface area (Å²) in [4.78, 5) is 96.1. The standard InChI is InChI=1S/C21H19FN2O5.C21H17FN2O3.C19H16FN3O4.C12H8BFO.C11H19BO4.C9H9ClN2O2.C6H14O2.C4H2Cl2N2/c1-2-28-21(27)19(26)18(25)17-11-12-23-20(24-17)13-3-7-15(8-4-13)29-16-9-5-14(22)6-10-16;1-2-26-20(25)12-7-17-13-14-23-21(24-17)15-3-8-18(9-4-15)27-19-10-5-16(22)6-11-19;20-12-3-7-14(8-4-12)27-13-5-1-11(2-6-13)19-22-10-9-15(23-19)16(24)17(25)18(21)26;13-9-1-5-11(6-2-9)15-12-7-3-10(14)4-8-12;1-6-14-9(13)7-8-12-15-10(2,3)11(4,5)16-12;1-2-14-8(13)4-3-7-5-6-11-9(10)12-7;1-5(2,7)6(3,4)8;5-3-1-2-7-4(6)8-3/h3-12,18-19,25-26H,2H2,1H3;3-14H,2H2,1H3;1-10,16-17,24-25H,(H2,21,26);1-8H;7-8H,6H2,1-5H3;3-6H,2H2,1H3;7-8H,1-4H3;1-2H/b;12-7+;;;8-7+;4-3+;;/t18-,19+;;16-,17+;;;;;/m1.1...../s1. The molecule has 0 aliphatic carbocycles. The van der Waals surface area contributed by atoms with Crippen LogP contribution in [0.2, 0.25) is 15.7 Å². The third-order valence-corrected chi connectivity index (χ3v) is 20.1. The van der Waals surface area contributed by atoms with Crippen molar-refractivity contribution >= 4 is 97.2 Å². The predicted molar refractivity (Wildman–Crippen MR) is 533 cm³/mol. The summed E-state index contributed by atoms with van der Waals surface area (Å²) in [5.74, 6) is 2.72. The van der Waals surface area contributed by atoms with E-state index in [0.717, 1.165) is 5.56 Å². The van der Waals surface area contributed by atoms with E-state index in [2.05, 4.69) is 49.8 Å². The van der Waals surface area contributed by atoms with E-state index < -0.39 is 66.6 Å². The zero-order valence-electron chi connectivity index (χ0n) is 80.0. The lowest BCUT2D eigenvalue weighted by Gasteiger charge is -2.32. The second-order valence-corrected chi connectivity index (χ2v) is 32.7. The maximum Gasteiger partial charge on any atom is 0.487 e. The fourth-order valence-electron chi connectivity index (χ4n) is 10.7. The summed E-state index contributed by atoms with van der Waals surface area (Å²) < 4.78 is 104. The van der Waals surface area contributed by atoms with Gasteiger partial charge in [-0.05, 0) is 337 Å². The summed E-state index contributed by atoms with van der Waals surface area (Å²) in [6, 6.07) is 58.5. The fraction of sp³-hybridized carbons (Fsp3) is 0.233. The van der Waals surface area contributed by atoms with Crippen LogP contribution in [-0.4, -0.2) is 186 Å². The van der Waals surface area contributed by atoms with Gasteiger partial charge in [-0.25, -0.2) is 86.6 Å². The molecule has 4 atom stereocenters. The number of esters is 4. The average molecular weight is 2040 g/mol. The summed E-state index contributed by atoms with van der Waals surface area (Å²) in [5, 5.41) is 58.5. The number of hydrogen-bond acceptors (Lipinski definition) is 31. The number of primary amides is 1. The molecule has 0 spiro atoms. The molecule has 1 fully saturated rings. The monoisotopic (exact) mass is 2030 g/mol. The van der Waals surface area contributed by atoms with Crippen LogP contribution >= 0.6 is 34.8 Å². The quantitative estimate of drug-likeness (QED) is 0.00455. The Morgan fingerprint density at radius 1 is 0.396 bits per heavy atom. The van der Waals surface area contributed by atoms with Crippen LogP contribution in [0.1, 0.15) is 118 Å². The van der Waals surface area contributed by atoms with E-state index in [0.29, 0.717) is 111 Å². The lowest BCUT2D eigenvalue weighted by Crippen LogP contribution is -2.44. The van der Waals surface area contributed by atoms with Crippen LogP contribution in [0.5, 0.6) is 46.0 Å². The molecule has 5 aromatic heterocycles. The zero-order chi connectivity index (χ0) is 106. The molecule has 0 unspecified atom stereocenters. The third kappa shape index (κ3) is 41.1. The molecule has 144 heavy (non-hydrogen) atoms. The molecule has 14 rings (SSSR count). The van der Waals surface area contributed by atoms with E-state index >= 15 is 0 Å². The van der Waals surface area contributed by atoms with E-state index in [4.69, 9.17) is 106 Å². The Kier molecular flexibility index (Phi) is 46.9. The van der Waals surface area contributed by atoms with Crippen LogP contribution in [0.3, 0.4) is 0 Å². The smallest absolute Gasteiger partial charge is 0.464 e. The number of nitrogens with zero attached hydrogens (tertiary/aromatic N) is 10. The summed E-state index contributed by atoms with van der Waals surface area (Å²) in [5.41, 5.74) is 6.28. The average Bonchev–Trinajstić information content (AvgIpc) is 1.64. The number of aliphatic hydroxyl groups is 6. The first-order chi connectivity index (χ1) is 68.3. The van der Waals surface area contributed by atoms with E-state index in [1.54, 1.807) is 201 Å². The Labute approximate surface area is 845 Å². The molecule has 0 saturated carbocycles. The maximum atomic E-state index is 13.0. The Morgan fingerprint density at radius 2 is 0.681 bits per heavy atom. The predicted octanol–water partition coefficient (Wildman–Crippen LogP) is 17.8. The van der Waals surface area contributed by atoms with E-state index in [9.17, 15) is 62.0 Å². The second-order valence-electron chi connectivity index (χ2n) is 31.6. The van der Waals surface area contributed by atoms with Gasteiger partial charge in [0.25, 0.3) is 0 Å². The van der Waals surface area contributed by atoms with Crippen LogP contribution in [0.15, 0.2) is 280 Å². The number of carbonyl (C=O) groups is 5. The van der Waals surface area contributed by atoms with Crippen molar-refractivity contribution in [2.45, 2.75) is 130 Å². The van der Waals surface area contributed by atoms with Gasteiger partial charge in [0.2, 0.25) is 16.5 Å². The largest absolute Gasteiger partial charge is 0.487 e. The van der Waals surface area contributed by atoms with Crippen molar-refractivity contribution in [1.29, 1.82) is 0 Å². The zero-order valence-corrected chi connectivity index (χ0v) is 82.3. The normalized spacial score (nSPS) is 12.9. The molecule has 1 saturated heterocycles. The van der Waals surface area contributed by atoms with E-state index in [1.807, 2.05) is 39.8 Å². The molecule has 1 amide bonds. The van der Waals surface area contributed by atoms with Gasteiger partial charge in [-0.15, -0.1) is 0 Å². The number of benzene rings is 8. The summed E-state index contributed by atoms with van der Waals surface area (Å²) >= 11 is 16.3. The van der Waals surface area contributed by atoms with Crippen molar-refractivity contribution in [1.82, 2.24) is 49.8 Å². The lowest BCUT2D eigenvalue weighted by molar-refractivity contribution is -0.159. The highest BCUT2D eigenvalue weighted by Gasteiger charge is 2.50. The molecule has 1 aliphatic heterocycles. The summed E-state index contributed by atoms with van der Waals surface area (Å²) in [6.07, 6.45) is 7.90. The van der Waals surface area contributed by atoms with Gasteiger partial charge >= 0.3 is 31.0 Å². The van der Waals surface area contributed by atoms with Gasteiger partial charge in [-0.2, -0.15) is 0 Å². The minimum absolute atomic E-state index is 0.0675. The molecule has 752 valence electrons. The minimum atomic E-state index is -1.76. The number of hydrogen-bond donors (Lipinski definition) is 7. The molecular weight excluding hydrogens is 1930 g/mol. The number of aromatic nitrogens is 10. The number of halogens is 7. The van der Waals surface area contributed by atoms with Gasteiger partial charge < -0.3 is 83.6 Å².